The van der Waals surface area contributed by atoms with Crippen molar-refractivity contribution in [1.82, 2.24) is 15.3 Å². The van der Waals surface area contributed by atoms with Gasteiger partial charge in [0.05, 0.1) is 35.7 Å². The number of hydrogen-bond acceptors (Lipinski definition) is 8. The fourth-order valence-electron chi connectivity index (χ4n) is 4.12. The molecule has 2 aromatic heterocycles. The highest BCUT2D eigenvalue weighted by molar-refractivity contribution is 7.16. The number of halogens is 1. The second kappa shape index (κ2) is 11.7. The van der Waals surface area contributed by atoms with E-state index in [9.17, 15) is 4.79 Å². The molecule has 0 spiro atoms. The van der Waals surface area contributed by atoms with Crippen LogP contribution in [-0.4, -0.2) is 35.9 Å². The predicted molar refractivity (Wildman–Crippen MR) is 157 cm³/mol. The molecule has 2 N–H and O–H groups in total. The van der Waals surface area contributed by atoms with Crippen molar-refractivity contribution in [3.05, 3.63) is 63.8 Å². The van der Waals surface area contributed by atoms with E-state index in [-0.39, 0.29) is 6.04 Å². The third-order valence-electron chi connectivity index (χ3n) is 5.88. The Balaban J connectivity index is 1.60. The van der Waals surface area contributed by atoms with Crippen LogP contribution < -0.4 is 20.1 Å². The maximum Gasteiger partial charge on any atom is 0.407 e. The van der Waals surface area contributed by atoms with Gasteiger partial charge in [-0.15, -0.1) is 11.3 Å². The van der Waals surface area contributed by atoms with Gasteiger partial charge < -0.3 is 24.8 Å². The minimum absolute atomic E-state index is 0.0982. The molecular formula is C29H33ClN4O4S. The SMILES string of the molecule is COc1cc2nc(C)nc(NC(C)c3cc(Cl)c(-c4ccccc4CNC(=O)OC(C)(C)C)s3)c2cc1OC. The number of hydrogen-bond donors (Lipinski definition) is 2. The first-order chi connectivity index (χ1) is 18.5. The van der Waals surface area contributed by atoms with Crippen molar-refractivity contribution in [3.8, 4) is 21.9 Å². The zero-order valence-electron chi connectivity index (χ0n) is 23.1. The van der Waals surface area contributed by atoms with Gasteiger partial charge in [0.15, 0.2) is 11.5 Å². The van der Waals surface area contributed by atoms with Gasteiger partial charge in [0.25, 0.3) is 0 Å². The number of methoxy groups -OCH3 is 2. The van der Waals surface area contributed by atoms with Crippen molar-refractivity contribution < 1.29 is 19.0 Å². The summed E-state index contributed by atoms with van der Waals surface area (Å²) in [4.78, 5) is 23.4. The van der Waals surface area contributed by atoms with Gasteiger partial charge in [-0.2, -0.15) is 0 Å². The van der Waals surface area contributed by atoms with E-state index in [2.05, 4.69) is 27.5 Å². The molecule has 2 aromatic carbocycles. The van der Waals surface area contributed by atoms with Crippen LogP contribution in [0.1, 0.15) is 50.0 Å². The van der Waals surface area contributed by atoms with Crippen LogP contribution in [0.15, 0.2) is 42.5 Å². The van der Waals surface area contributed by atoms with Crippen molar-refractivity contribution in [3.63, 3.8) is 0 Å². The number of nitrogens with zero attached hydrogens (tertiary/aromatic N) is 2. The second-order valence-corrected chi connectivity index (χ2v) is 11.5. The quantitative estimate of drug-likeness (QED) is 0.227. The molecule has 0 bridgehead atoms. The zero-order valence-corrected chi connectivity index (χ0v) is 24.7. The standard InChI is InChI=1S/C29H33ClN4O4S/c1-16(32-27-20-12-23(36-6)24(37-7)14-22(20)33-17(2)34-27)25-13-21(30)26(39-25)19-11-9-8-10-18(19)15-31-28(35)38-29(3,4)5/h8-14,16H,15H2,1-7H3,(H,31,35)(H,32,33,34). The van der Waals surface area contributed by atoms with Crippen LogP contribution in [-0.2, 0) is 11.3 Å². The summed E-state index contributed by atoms with van der Waals surface area (Å²) in [5, 5.41) is 7.84. The molecule has 2 heterocycles. The number of alkyl carbamates (subject to hydrolysis) is 1. The van der Waals surface area contributed by atoms with E-state index in [1.54, 1.807) is 25.6 Å². The van der Waals surface area contributed by atoms with Crippen molar-refractivity contribution in [2.45, 2.75) is 52.8 Å². The molecule has 4 aromatic rings. The summed E-state index contributed by atoms with van der Waals surface area (Å²) in [6.07, 6.45) is -0.463. The van der Waals surface area contributed by atoms with E-state index in [0.717, 1.165) is 31.8 Å². The largest absolute Gasteiger partial charge is 0.493 e. The van der Waals surface area contributed by atoms with Crippen molar-refractivity contribution in [1.29, 1.82) is 0 Å². The Hall–Kier alpha value is -3.56. The summed E-state index contributed by atoms with van der Waals surface area (Å²) >= 11 is 8.35. The lowest BCUT2D eigenvalue weighted by atomic mass is 10.1. The number of carbonyl (C=O) groups excluding carboxylic acids is 1. The van der Waals surface area contributed by atoms with Gasteiger partial charge in [0.1, 0.15) is 17.2 Å². The highest BCUT2D eigenvalue weighted by Crippen LogP contribution is 2.41. The smallest absolute Gasteiger partial charge is 0.407 e. The molecule has 10 heteroatoms. The van der Waals surface area contributed by atoms with Gasteiger partial charge >= 0.3 is 6.09 Å². The average Bonchev–Trinajstić information content (AvgIpc) is 3.27. The zero-order chi connectivity index (χ0) is 28.3. The molecule has 0 aliphatic carbocycles. The molecule has 206 valence electrons. The number of rotatable bonds is 8. The van der Waals surface area contributed by atoms with Crippen molar-refractivity contribution >= 4 is 45.8 Å². The summed E-state index contributed by atoms with van der Waals surface area (Å²) in [5.74, 6) is 2.54. The molecule has 0 saturated carbocycles. The number of fused-ring (bicyclic) bond motifs is 1. The monoisotopic (exact) mass is 568 g/mol. The third-order valence-corrected chi connectivity index (χ3v) is 7.64. The van der Waals surface area contributed by atoms with Gasteiger partial charge in [-0.05, 0) is 57.9 Å². The van der Waals surface area contributed by atoms with Gasteiger partial charge in [-0.1, -0.05) is 35.9 Å². The Morgan fingerprint density at radius 3 is 2.46 bits per heavy atom. The van der Waals surface area contributed by atoms with E-state index in [0.29, 0.717) is 34.7 Å². The number of aryl methyl sites for hydroxylation is 1. The third kappa shape index (κ3) is 6.72. The van der Waals surface area contributed by atoms with Crippen LogP contribution in [0.4, 0.5) is 10.6 Å². The lowest BCUT2D eigenvalue weighted by Gasteiger charge is -2.20. The molecule has 0 radical (unpaired) electrons. The number of anilines is 1. The van der Waals surface area contributed by atoms with E-state index in [1.807, 2.05) is 70.2 Å². The summed E-state index contributed by atoms with van der Waals surface area (Å²) in [5.41, 5.74) is 2.09. The fourth-order valence-corrected chi connectivity index (χ4v) is 5.63. The molecule has 0 aliphatic heterocycles. The minimum atomic E-state index is -0.566. The molecular weight excluding hydrogens is 536 g/mol. The number of ether oxygens (including phenoxy) is 3. The van der Waals surface area contributed by atoms with Crippen LogP contribution in [0.25, 0.3) is 21.3 Å². The minimum Gasteiger partial charge on any atom is -0.493 e. The highest BCUT2D eigenvalue weighted by atomic mass is 35.5. The van der Waals surface area contributed by atoms with Crippen molar-refractivity contribution in [2.24, 2.45) is 0 Å². The van der Waals surface area contributed by atoms with Crippen LogP contribution in [0.3, 0.4) is 0 Å². The molecule has 1 unspecified atom stereocenters. The van der Waals surface area contributed by atoms with Crippen LogP contribution in [0, 0.1) is 6.92 Å². The first-order valence-electron chi connectivity index (χ1n) is 12.5. The van der Waals surface area contributed by atoms with E-state index in [1.165, 1.54) is 0 Å². The number of carbonyl (C=O) groups is 1. The molecule has 0 aliphatic rings. The van der Waals surface area contributed by atoms with E-state index < -0.39 is 11.7 Å². The number of aromatic nitrogens is 2. The number of nitrogens with one attached hydrogen (secondary N) is 2. The Morgan fingerprint density at radius 1 is 1.08 bits per heavy atom. The Labute approximate surface area is 237 Å². The molecule has 8 nitrogen and oxygen atoms in total. The number of thiophene rings is 1. The van der Waals surface area contributed by atoms with E-state index >= 15 is 0 Å². The van der Waals surface area contributed by atoms with Gasteiger partial charge in [0.2, 0.25) is 0 Å². The van der Waals surface area contributed by atoms with Gasteiger partial charge in [-0.25, -0.2) is 14.8 Å². The maximum atomic E-state index is 12.2. The fraction of sp³-hybridized carbons (Fsp3) is 0.345. The second-order valence-electron chi connectivity index (χ2n) is 10.0. The summed E-state index contributed by atoms with van der Waals surface area (Å²) in [7, 11) is 3.20. The Kier molecular flexibility index (Phi) is 8.51. The predicted octanol–water partition coefficient (Wildman–Crippen LogP) is 7.54. The van der Waals surface area contributed by atoms with Crippen LogP contribution in [0.5, 0.6) is 11.5 Å². The summed E-state index contributed by atoms with van der Waals surface area (Å²) in [6.45, 7) is 9.74. The van der Waals surface area contributed by atoms with Gasteiger partial charge in [0, 0.05) is 22.9 Å². The topological polar surface area (TPSA) is 94.6 Å². The molecule has 39 heavy (non-hydrogen) atoms. The lowest BCUT2D eigenvalue weighted by Crippen LogP contribution is -2.32. The van der Waals surface area contributed by atoms with E-state index in [4.69, 9.17) is 25.8 Å². The molecule has 4 rings (SSSR count). The number of amides is 1. The molecule has 1 atom stereocenters. The summed E-state index contributed by atoms with van der Waals surface area (Å²) in [6, 6.07) is 13.5. The van der Waals surface area contributed by atoms with Crippen LogP contribution in [0.2, 0.25) is 5.02 Å². The Morgan fingerprint density at radius 2 is 1.77 bits per heavy atom. The first kappa shape index (κ1) is 28.4. The molecule has 1 amide bonds. The molecule has 0 fully saturated rings. The maximum absolute atomic E-state index is 12.2. The summed E-state index contributed by atoms with van der Waals surface area (Å²) < 4.78 is 16.3. The highest BCUT2D eigenvalue weighted by Gasteiger charge is 2.20. The Bertz CT molecular complexity index is 1500. The lowest BCUT2D eigenvalue weighted by molar-refractivity contribution is 0.0523. The molecule has 0 saturated heterocycles. The van der Waals surface area contributed by atoms with Crippen LogP contribution >= 0.6 is 22.9 Å². The average molecular weight is 569 g/mol. The number of benzene rings is 2. The van der Waals surface area contributed by atoms with Crippen molar-refractivity contribution in [2.75, 3.05) is 19.5 Å². The van der Waals surface area contributed by atoms with Gasteiger partial charge in [-0.3, -0.25) is 0 Å². The first-order valence-corrected chi connectivity index (χ1v) is 13.7. The normalized spacial score (nSPS) is 12.2.